The largest absolute Gasteiger partial charge is 0.102 e. The van der Waals surface area contributed by atoms with Gasteiger partial charge in [-0.2, -0.15) is 0 Å². The summed E-state index contributed by atoms with van der Waals surface area (Å²) in [4.78, 5) is 0. The quantitative estimate of drug-likeness (QED) is 0.180. The highest BCUT2D eigenvalue weighted by Gasteiger charge is 2.36. The van der Waals surface area contributed by atoms with Crippen molar-refractivity contribution in [3.63, 3.8) is 0 Å². The predicted octanol–water partition coefficient (Wildman–Crippen LogP) is 8.11. The first-order valence-electron chi connectivity index (χ1n) is 12.5. The van der Waals surface area contributed by atoms with Crippen molar-refractivity contribution in [1.82, 2.24) is 0 Å². The second kappa shape index (κ2) is 11.2. The summed E-state index contributed by atoms with van der Waals surface area (Å²) in [5, 5.41) is 5.26. The van der Waals surface area contributed by atoms with E-state index in [0.717, 1.165) is 5.33 Å². The van der Waals surface area contributed by atoms with E-state index >= 15 is 0 Å². The summed E-state index contributed by atoms with van der Waals surface area (Å²) < 4.78 is 0. The third-order valence-corrected chi connectivity index (χ3v) is 10.6. The van der Waals surface area contributed by atoms with Gasteiger partial charge in [-0.1, -0.05) is 116 Å². The van der Waals surface area contributed by atoms with Gasteiger partial charge >= 0.3 is 0 Å². The second-order valence-corrected chi connectivity index (χ2v) is 13.8. The molecule has 0 saturated carbocycles. The van der Waals surface area contributed by atoms with Gasteiger partial charge in [0, 0.05) is 5.33 Å². The lowest BCUT2D eigenvalue weighted by molar-refractivity contribution is 0.331. The zero-order valence-electron chi connectivity index (χ0n) is 21.4. The average Bonchev–Trinajstić information content (AvgIpc) is 2.89. The lowest BCUT2D eigenvalue weighted by Gasteiger charge is -2.42. The molecule has 5 rings (SSSR count). The molecule has 4 aromatic carbocycles. The van der Waals surface area contributed by atoms with Crippen LogP contribution >= 0.6 is 23.9 Å². The van der Waals surface area contributed by atoms with Crippen LogP contribution in [0.4, 0.5) is 0 Å². The number of benzene rings is 4. The highest BCUT2D eigenvalue weighted by molar-refractivity contribution is 9.08. The molecule has 0 fully saturated rings. The summed E-state index contributed by atoms with van der Waals surface area (Å²) in [6.07, 6.45) is 2.58. The van der Waals surface area contributed by atoms with Crippen LogP contribution in [0.3, 0.4) is 0 Å². The Bertz CT molecular complexity index is 1120. The fourth-order valence-electron chi connectivity index (χ4n) is 5.03. The predicted molar refractivity (Wildman–Crippen MR) is 161 cm³/mol. The van der Waals surface area contributed by atoms with Gasteiger partial charge in [-0.25, -0.2) is 0 Å². The summed E-state index contributed by atoms with van der Waals surface area (Å²) >= 11 is 3.55. The molecule has 180 valence electrons. The minimum absolute atomic E-state index is 0.336. The number of rotatable bonds is 4. The number of fused-ring (bicyclic) bond motifs is 1. The van der Waals surface area contributed by atoms with Crippen LogP contribution in [-0.2, 0) is 16.2 Å². The van der Waals surface area contributed by atoms with E-state index in [-0.39, 0.29) is 0 Å². The Balaban J connectivity index is 0.000000168. The summed E-state index contributed by atoms with van der Waals surface area (Å²) in [7, 11) is -0.877. The number of hydrogen-bond acceptors (Lipinski definition) is 0. The SMILES string of the molecule is CC1(C)CCC(C)(C)c2cc(CBr)ccc21.c1ccc([PH+](c2ccccc2)c2ccccc2)cc1. The number of halogens is 1. The molecule has 0 aromatic heterocycles. The number of hydrogen-bond donors (Lipinski definition) is 0. The zero-order chi connectivity index (χ0) is 24.9. The average molecular weight is 545 g/mol. The molecule has 35 heavy (non-hydrogen) atoms. The summed E-state index contributed by atoms with van der Waals surface area (Å²) in [6, 6.07) is 39.5. The molecule has 1 aliphatic rings. The Kier molecular flexibility index (Phi) is 8.31. The molecule has 0 nitrogen and oxygen atoms in total. The Hall–Kier alpha value is -2.21. The second-order valence-electron chi connectivity index (χ2n) is 10.8. The molecule has 4 aromatic rings. The zero-order valence-corrected chi connectivity index (χ0v) is 24.0. The molecule has 0 amide bonds. The van der Waals surface area contributed by atoms with Crippen LogP contribution in [0.5, 0.6) is 0 Å². The maximum absolute atomic E-state index is 3.55. The molecule has 0 heterocycles. The van der Waals surface area contributed by atoms with E-state index in [4.69, 9.17) is 0 Å². The van der Waals surface area contributed by atoms with Crippen LogP contribution in [0.25, 0.3) is 0 Å². The van der Waals surface area contributed by atoms with E-state index in [1.807, 2.05) is 0 Å². The molecule has 0 bridgehead atoms. The van der Waals surface area contributed by atoms with Crippen molar-refractivity contribution in [3.8, 4) is 0 Å². The summed E-state index contributed by atoms with van der Waals surface area (Å²) in [5.74, 6) is 0. The van der Waals surface area contributed by atoms with Crippen molar-refractivity contribution in [2.75, 3.05) is 0 Å². The van der Waals surface area contributed by atoms with Crippen LogP contribution in [-0.4, -0.2) is 0 Å². The topological polar surface area (TPSA) is 0 Å². The molecule has 0 aliphatic heterocycles. The van der Waals surface area contributed by atoms with Crippen molar-refractivity contribution in [1.29, 1.82) is 0 Å². The van der Waals surface area contributed by atoms with Gasteiger partial charge in [-0.05, 0) is 76.8 Å². The molecule has 2 heteroatoms. The molecule has 0 radical (unpaired) electrons. The van der Waals surface area contributed by atoms with Gasteiger partial charge in [0.25, 0.3) is 0 Å². The molecule has 0 unspecified atom stereocenters. The lowest BCUT2D eigenvalue weighted by atomic mass is 9.63. The Morgan fingerprint density at radius 1 is 0.571 bits per heavy atom. The maximum Gasteiger partial charge on any atom is 0.102 e. The molecule has 0 atom stereocenters. The first-order valence-corrected chi connectivity index (χ1v) is 15.2. The highest BCUT2D eigenvalue weighted by Crippen LogP contribution is 2.46. The van der Waals surface area contributed by atoms with Crippen LogP contribution in [0.15, 0.2) is 109 Å². The third-order valence-electron chi connectivity index (χ3n) is 7.26. The Morgan fingerprint density at radius 2 is 0.971 bits per heavy atom. The van der Waals surface area contributed by atoms with E-state index in [1.54, 1.807) is 11.1 Å². The summed E-state index contributed by atoms with van der Waals surface area (Å²) in [5.41, 5.74) is 5.18. The van der Waals surface area contributed by atoms with Crippen molar-refractivity contribution >= 4 is 39.8 Å². The van der Waals surface area contributed by atoms with Crippen LogP contribution in [0.2, 0.25) is 0 Å². The molecular formula is C33H37BrP+. The van der Waals surface area contributed by atoms with Gasteiger partial charge in [0.1, 0.15) is 15.9 Å². The smallest absolute Gasteiger partial charge is 0.0876 e. The Morgan fingerprint density at radius 3 is 1.37 bits per heavy atom. The minimum Gasteiger partial charge on any atom is -0.0876 e. The highest BCUT2D eigenvalue weighted by atomic mass is 79.9. The van der Waals surface area contributed by atoms with Gasteiger partial charge < -0.3 is 0 Å². The fraction of sp³-hybridized carbons (Fsp3) is 0.273. The van der Waals surface area contributed by atoms with Crippen molar-refractivity contribution < 1.29 is 0 Å². The molecule has 1 aliphatic carbocycles. The van der Waals surface area contributed by atoms with Gasteiger partial charge in [0.15, 0.2) is 0 Å². The van der Waals surface area contributed by atoms with E-state index in [9.17, 15) is 0 Å². The van der Waals surface area contributed by atoms with Crippen LogP contribution in [0, 0.1) is 0 Å². The molecular weight excluding hydrogens is 507 g/mol. The lowest BCUT2D eigenvalue weighted by Crippen LogP contribution is -2.33. The maximum atomic E-state index is 3.55. The van der Waals surface area contributed by atoms with Crippen LogP contribution < -0.4 is 15.9 Å². The standard InChI is InChI=1S/C18H15P.C15H21Br/c1-4-10-16(11-5-1)19(17-12-6-2-7-13-17)18-14-8-3-9-15-18;1-14(2)7-8-15(3,4)13-9-11(10-16)5-6-12(13)14/h1-15H;5-6,9H,7-8,10H2,1-4H3/p+1. The molecule has 0 saturated heterocycles. The van der Waals surface area contributed by atoms with E-state index in [1.165, 1.54) is 34.3 Å². The van der Waals surface area contributed by atoms with Crippen LogP contribution in [0.1, 0.15) is 57.2 Å². The first-order chi connectivity index (χ1) is 16.8. The Labute approximate surface area is 221 Å². The van der Waals surface area contributed by atoms with Crippen molar-refractivity contribution in [2.24, 2.45) is 0 Å². The first kappa shape index (κ1) is 25.9. The van der Waals surface area contributed by atoms with Crippen molar-refractivity contribution in [3.05, 3.63) is 126 Å². The minimum atomic E-state index is -0.877. The monoisotopic (exact) mass is 543 g/mol. The van der Waals surface area contributed by atoms with Gasteiger partial charge in [0.05, 0.1) is 7.92 Å². The van der Waals surface area contributed by atoms with Gasteiger partial charge in [-0.15, -0.1) is 0 Å². The molecule has 0 spiro atoms. The van der Waals surface area contributed by atoms with E-state index in [0.29, 0.717) is 10.8 Å². The van der Waals surface area contributed by atoms with E-state index < -0.39 is 7.92 Å². The normalized spacial score (nSPS) is 15.6. The van der Waals surface area contributed by atoms with Gasteiger partial charge in [0.2, 0.25) is 0 Å². The van der Waals surface area contributed by atoms with Crippen molar-refractivity contribution in [2.45, 2.75) is 56.7 Å². The molecule has 0 N–H and O–H groups in total. The number of alkyl halides is 1. The third kappa shape index (κ3) is 6.14. The fourth-order valence-corrected chi connectivity index (χ4v) is 7.96. The van der Waals surface area contributed by atoms with E-state index in [2.05, 4.69) is 153 Å². The summed E-state index contributed by atoms with van der Waals surface area (Å²) in [6.45, 7) is 9.49. The van der Waals surface area contributed by atoms with Gasteiger partial charge in [-0.3, -0.25) is 0 Å².